The maximum atomic E-state index is 12.2. The van der Waals surface area contributed by atoms with Crippen LogP contribution in [-0.2, 0) is 6.61 Å². The van der Waals surface area contributed by atoms with Gasteiger partial charge in [0.25, 0.3) is 6.43 Å². The van der Waals surface area contributed by atoms with E-state index in [0.29, 0.717) is 16.3 Å². The van der Waals surface area contributed by atoms with Crippen LogP contribution >= 0.6 is 11.6 Å². The van der Waals surface area contributed by atoms with Crippen LogP contribution in [0.15, 0.2) is 18.2 Å². The number of anilines is 1. The third kappa shape index (κ3) is 3.04. The van der Waals surface area contributed by atoms with Gasteiger partial charge in [-0.1, -0.05) is 17.7 Å². The molecule has 1 rings (SSSR count). The molecule has 5 heteroatoms. The molecule has 0 aliphatic carbocycles. The number of rotatable bonds is 4. The first-order valence-electron chi connectivity index (χ1n) is 4.43. The summed E-state index contributed by atoms with van der Waals surface area (Å²) in [6, 6.07) is 4.94. The van der Waals surface area contributed by atoms with Gasteiger partial charge in [-0.15, -0.1) is 0 Å². The van der Waals surface area contributed by atoms with Crippen molar-refractivity contribution in [3.8, 4) is 0 Å². The fourth-order valence-corrected chi connectivity index (χ4v) is 1.60. The maximum Gasteiger partial charge on any atom is 0.255 e. The molecule has 1 N–H and O–H groups in total. The molecule has 2 nitrogen and oxygen atoms in total. The summed E-state index contributed by atoms with van der Waals surface area (Å²) in [4.78, 5) is 1.38. The minimum atomic E-state index is -2.42. The molecule has 1 aromatic carbocycles. The number of hydrogen-bond donors (Lipinski definition) is 1. The highest BCUT2D eigenvalue weighted by Crippen LogP contribution is 2.27. The topological polar surface area (TPSA) is 23.5 Å². The van der Waals surface area contributed by atoms with Crippen LogP contribution in [0.25, 0.3) is 0 Å². The van der Waals surface area contributed by atoms with Gasteiger partial charge in [-0.25, -0.2) is 8.78 Å². The Hall–Kier alpha value is -0.870. The van der Waals surface area contributed by atoms with E-state index in [1.165, 1.54) is 11.9 Å². The molecule has 0 heterocycles. The predicted molar refractivity (Wildman–Crippen MR) is 56.6 cm³/mol. The molecular weight excluding hydrogens is 224 g/mol. The van der Waals surface area contributed by atoms with E-state index in [0.717, 1.165) is 0 Å². The van der Waals surface area contributed by atoms with Crippen molar-refractivity contribution in [2.75, 3.05) is 18.5 Å². The minimum absolute atomic E-state index is 0.261. The van der Waals surface area contributed by atoms with Crippen LogP contribution in [0.5, 0.6) is 0 Å². The molecule has 0 atom stereocenters. The Labute approximate surface area is 92.1 Å². The van der Waals surface area contributed by atoms with Crippen molar-refractivity contribution in [3.05, 3.63) is 28.8 Å². The fourth-order valence-electron chi connectivity index (χ4n) is 1.37. The van der Waals surface area contributed by atoms with E-state index in [1.807, 2.05) is 0 Å². The van der Waals surface area contributed by atoms with Crippen LogP contribution in [0.2, 0.25) is 5.02 Å². The second kappa shape index (κ2) is 5.28. The molecule has 84 valence electrons. The predicted octanol–water partition coefficient (Wildman–Crippen LogP) is 2.53. The van der Waals surface area contributed by atoms with E-state index in [2.05, 4.69) is 0 Å². The molecule has 0 unspecified atom stereocenters. The van der Waals surface area contributed by atoms with Crippen molar-refractivity contribution in [1.82, 2.24) is 0 Å². The van der Waals surface area contributed by atoms with Crippen molar-refractivity contribution in [3.63, 3.8) is 0 Å². The third-order valence-corrected chi connectivity index (χ3v) is 2.43. The minimum Gasteiger partial charge on any atom is -0.392 e. The van der Waals surface area contributed by atoms with Crippen molar-refractivity contribution < 1.29 is 13.9 Å². The third-order valence-electron chi connectivity index (χ3n) is 2.08. The van der Waals surface area contributed by atoms with E-state index in [1.54, 1.807) is 18.2 Å². The number of halogens is 3. The second-order valence-electron chi connectivity index (χ2n) is 3.17. The average Bonchev–Trinajstić information content (AvgIpc) is 2.16. The number of aliphatic hydroxyl groups is 1. The smallest absolute Gasteiger partial charge is 0.255 e. The normalized spacial score (nSPS) is 10.8. The number of aliphatic hydroxyl groups excluding tert-OH is 1. The van der Waals surface area contributed by atoms with Crippen LogP contribution in [0, 0.1) is 0 Å². The lowest BCUT2D eigenvalue weighted by Crippen LogP contribution is -2.25. The van der Waals surface area contributed by atoms with Crippen molar-refractivity contribution in [1.29, 1.82) is 0 Å². The largest absolute Gasteiger partial charge is 0.392 e. The standard InChI is InChI=1S/C10H12ClF2NO/c1-14(5-10(12)13)9-4-2-3-8(11)7(9)6-15/h2-4,10,15H,5-6H2,1H3. The Bertz CT molecular complexity index is 333. The summed E-state index contributed by atoms with van der Waals surface area (Å²) in [5, 5.41) is 9.47. The van der Waals surface area contributed by atoms with Crippen molar-refractivity contribution in [2.45, 2.75) is 13.0 Å². The van der Waals surface area contributed by atoms with E-state index in [4.69, 9.17) is 16.7 Å². The van der Waals surface area contributed by atoms with E-state index < -0.39 is 6.43 Å². The zero-order valence-electron chi connectivity index (χ0n) is 8.25. The van der Waals surface area contributed by atoms with Gasteiger partial charge in [0.2, 0.25) is 0 Å². The van der Waals surface area contributed by atoms with Gasteiger partial charge in [-0.2, -0.15) is 0 Å². The fraction of sp³-hybridized carbons (Fsp3) is 0.400. The first-order chi connectivity index (χ1) is 7.06. The number of nitrogens with zero attached hydrogens (tertiary/aromatic N) is 1. The number of alkyl halides is 2. The summed E-state index contributed by atoms with van der Waals surface area (Å²) in [6.07, 6.45) is -2.42. The molecule has 0 aromatic heterocycles. The summed E-state index contributed by atoms with van der Waals surface area (Å²) in [5.74, 6) is 0. The lowest BCUT2D eigenvalue weighted by atomic mass is 10.1. The molecule has 0 saturated carbocycles. The summed E-state index contributed by atoms with van der Waals surface area (Å²) in [6.45, 7) is -0.643. The van der Waals surface area contributed by atoms with Crippen LogP contribution in [0.1, 0.15) is 5.56 Å². The molecule has 1 aromatic rings. The highest BCUT2D eigenvalue weighted by molar-refractivity contribution is 6.31. The van der Waals surface area contributed by atoms with E-state index in [9.17, 15) is 8.78 Å². The summed E-state index contributed by atoms with van der Waals surface area (Å²) >= 11 is 5.84. The van der Waals surface area contributed by atoms with Gasteiger partial charge in [0.1, 0.15) is 0 Å². The van der Waals surface area contributed by atoms with Gasteiger partial charge in [0, 0.05) is 23.3 Å². The van der Waals surface area contributed by atoms with Gasteiger partial charge < -0.3 is 10.0 Å². The molecule has 0 fully saturated rings. The summed E-state index contributed by atoms with van der Waals surface area (Å²) in [5.41, 5.74) is 1.01. The quantitative estimate of drug-likeness (QED) is 0.867. The summed E-state index contributed by atoms with van der Waals surface area (Å²) in [7, 11) is 1.54. The first kappa shape index (κ1) is 12.2. The molecule has 0 spiro atoms. The van der Waals surface area contributed by atoms with Crippen molar-refractivity contribution in [2.24, 2.45) is 0 Å². The SMILES string of the molecule is CN(CC(F)F)c1cccc(Cl)c1CO. The molecular formula is C10H12ClF2NO. The average molecular weight is 236 g/mol. The van der Waals surface area contributed by atoms with Crippen LogP contribution in [0.3, 0.4) is 0 Å². The van der Waals surface area contributed by atoms with Gasteiger partial charge in [-0.05, 0) is 12.1 Å². The lowest BCUT2D eigenvalue weighted by molar-refractivity contribution is 0.156. The number of benzene rings is 1. The Morgan fingerprint density at radius 1 is 1.47 bits per heavy atom. The Balaban J connectivity index is 2.97. The van der Waals surface area contributed by atoms with Gasteiger partial charge in [-0.3, -0.25) is 0 Å². The maximum absolute atomic E-state index is 12.2. The van der Waals surface area contributed by atoms with Gasteiger partial charge >= 0.3 is 0 Å². The van der Waals surface area contributed by atoms with Gasteiger partial charge in [0.15, 0.2) is 0 Å². The molecule has 0 saturated heterocycles. The van der Waals surface area contributed by atoms with E-state index in [-0.39, 0.29) is 13.2 Å². The monoisotopic (exact) mass is 235 g/mol. The molecule has 0 amide bonds. The Morgan fingerprint density at radius 2 is 2.13 bits per heavy atom. The van der Waals surface area contributed by atoms with Crippen LogP contribution in [0.4, 0.5) is 14.5 Å². The van der Waals surface area contributed by atoms with Crippen molar-refractivity contribution >= 4 is 17.3 Å². The zero-order valence-corrected chi connectivity index (χ0v) is 9.01. The number of hydrogen-bond acceptors (Lipinski definition) is 2. The van der Waals surface area contributed by atoms with E-state index >= 15 is 0 Å². The lowest BCUT2D eigenvalue weighted by Gasteiger charge is -2.21. The summed E-state index contributed by atoms with van der Waals surface area (Å²) < 4.78 is 24.3. The molecule has 0 radical (unpaired) electrons. The molecule has 15 heavy (non-hydrogen) atoms. The highest BCUT2D eigenvalue weighted by atomic mass is 35.5. The Kier molecular flexibility index (Phi) is 4.29. The van der Waals surface area contributed by atoms with Gasteiger partial charge in [0.05, 0.1) is 13.2 Å². The Morgan fingerprint density at radius 3 is 2.67 bits per heavy atom. The molecule has 0 aliphatic rings. The van der Waals surface area contributed by atoms with Crippen LogP contribution < -0.4 is 4.90 Å². The molecule has 0 bridgehead atoms. The zero-order chi connectivity index (χ0) is 11.4. The first-order valence-corrected chi connectivity index (χ1v) is 4.81. The second-order valence-corrected chi connectivity index (χ2v) is 3.57. The van der Waals surface area contributed by atoms with Crippen LogP contribution in [-0.4, -0.2) is 25.1 Å². The molecule has 0 aliphatic heterocycles. The highest BCUT2D eigenvalue weighted by Gasteiger charge is 2.13.